The van der Waals surface area contributed by atoms with Crippen LogP contribution < -0.4 is 4.74 Å². The first-order chi connectivity index (χ1) is 6.72. The van der Waals surface area contributed by atoms with Gasteiger partial charge in [-0.1, -0.05) is 13.0 Å². The predicted octanol–water partition coefficient (Wildman–Crippen LogP) is 2.75. The van der Waals surface area contributed by atoms with E-state index in [1.807, 2.05) is 6.92 Å². The van der Waals surface area contributed by atoms with Gasteiger partial charge in [-0.3, -0.25) is 0 Å². The molecule has 1 aromatic carbocycles. The highest BCUT2D eigenvalue weighted by Crippen LogP contribution is 2.12. The van der Waals surface area contributed by atoms with E-state index in [1.165, 1.54) is 18.2 Å². The van der Waals surface area contributed by atoms with Crippen molar-refractivity contribution in [1.29, 1.82) is 0 Å². The first-order valence-electron chi connectivity index (χ1n) is 4.32. The topological polar surface area (TPSA) is 35.5 Å². The Bertz CT molecular complexity index is 312. The van der Waals surface area contributed by atoms with Crippen LogP contribution in [-0.2, 0) is 4.74 Å². The van der Waals surface area contributed by atoms with Crippen LogP contribution in [-0.4, -0.2) is 12.8 Å². The van der Waals surface area contributed by atoms with Crippen LogP contribution >= 0.6 is 0 Å². The zero-order valence-electron chi connectivity index (χ0n) is 7.83. The van der Waals surface area contributed by atoms with Crippen molar-refractivity contribution in [2.75, 3.05) is 6.61 Å². The van der Waals surface area contributed by atoms with Crippen molar-refractivity contribution in [1.82, 2.24) is 0 Å². The van der Waals surface area contributed by atoms with Crippen molar-refractivity contribution < 1.29 is 18.7 Å². The molecular weight excluding hydrogens is 187 g/mol. The molecule has 0 N–H and O–H groups in total. The zero-order valence-corrected chi connectivity index (χ0v) is 7.83. The average molecular weight is 198 g/mol. The second-order valence-electron chi connectivity index (χ2n) is 2.66. The van der Waals surface area contributed by atoms with Crippen molar-refractivity contribution in [2.45, 2.75) is 13.3 Å². The molecule has 0 heterocycles. The van der Waals surface area contributed by atoms with E-state index in [9.17, 15) is 9.18 Å². The molecule has 3 nitrogen and oxygen atoms in total. The van der Waals surface area contributed by atoms with Crippen molar-refractivity contribution >= 4 is 6.16 Å². The fourth-order valence-electron chi connectivity index (χ4n) is 0.842. The summed E-state index contributed by atoms with van der Waals surface area (Å²) in [6, 6.07) is 5.32. The summed E-state index contributed by atoms with van der Waals surface area (Å²) < 4.78 is 22.0. The standard InChI is InChI=1S/C10H11FO3/c1-2-6-13-10(12)14-9-5-3-4-8(11)7-9/h3-5,7H,2,6H2,1H3. The van der Waals surface area contributed by atoms with Gasteiger partial charge in [-0.2, -0.15) is 0 Å². The van der Waals surface area contributed by atoms with Crippen LogP contribution in [0, 0.1) is 5.82 Å². The molecule has 0 amide bonds. The van der Waals surface area contributed by atoms with E-state index in [0.717, 1.165) is 12.5 Å². The fourth-order valence-corrected chi connectivity index (χ4v) is 0.842. The van der Waals surface area contributed by atoms with E-state index in [0.29, 0.717) is 6.61 Å². The molecule has 0 fully saturated rings. The Morgan fingerprint density at radius 2 is 2.29 bits per heavy atom. The third kappa shape index (κ3) is 3.43. The first-order valence-corrected chi connectivity index (χ1v) is 4.32. The van der Waals surface area contributed by atoms with Crippen molar-refractivity contribution in [2.24, 2.45) is 0 Å². The summed E-state index contributed by atoms with van der Waals surface area (Å²) in [5.41, 5.74) is 0. The van der Waals surface area contributed by atoms with Crippen LogP contribution in [0.5, 0.6) is 5.75 Å². The molecule has 0 radical (unpaired) electrons. The summed E-state index contributed by atoms with van der Waals surface area (Å²) in [6.07, 6.45) is -0.0874. The number of hydrogen-bond acceptors (Lipinski definition) is 3. The maximum Gasteiger partial charge on any atom is 0.513 e. The maximum atomic E-state index is 12.6. The molecule has 4 heteroatoms. The minimum absolute atomic E-state index is 0.145. The van der Waals surface area contributed by atoms with E-state index >= 15 is 0 Å². The third-order valence-corrected chi connectivity index (χ3v) is 1.42. The quantitative estimate of drug-likeness (QED) is 0.553. The minimum Gasteiger partial charge on any atom is -0.434 e. The second-order valence-corrected chi connectivity index (χ2v) is 2.66. The predicted molar refractivity (Wildman–Crippen MR) is 48.7 cm³/mol. The number of rotatable bonds is 3. The number of carbonyl (C=O) groups excluding carboxylic acids is 1. The number of carbonyl (C=O) groups is 1. The van der Waals surface area contributed by atoms with Gasteiger partial charge in [-0.05, 0) is 18.6 Å². The molecular formula is C10H11FO3. The van der Waals surface area contributed by atoms with Crippen LogP contribution in [0.1, 0.15) is 13.3 Å². The molecule has 0 aromatic heterocycles. The Hall–Kier alpha value is -1.58. The van der Waals surface area contributed by atoms with Gasteiger partial charge in [-0.15, -0.1) is 0 Å². The summed E-state index contributed by atoms with van der Waals surface area (Å²) in [6.45, 7) is 2.17. The largest absolute Gasteiger partial charge is 0.513 e. The monoisotopic (exact) mass is 198 g/mol. The Morgan fingerprint density at radius 1 is 1.50 bits per heavy atom. The maximum absolute atomic E-state index is 12.6. The van der Waals surface area contributed by atoms with Crippen LogP contribution in [0.3, 0.4) is 0 Å². The van der Waals surface area contributed by atoms with Crippen molar-refractivity contribution in [3.8, 4) is 5.75 Å². The highest BCUT2D eigenvalue weighted by Gasteiger charge is 2.05. The van der Waals surface area contributed by atoms with Gasteiger partial charge in [0.2, 0.25) is 0 Å². The summed E-state index contributed by atoms with van der Waals surface area (Å²) >= 11 is 0. The van der Waals surface area contributed by atoms with E-state index < -0.39 is 12.0 Å². The molecule has 1 aromatic rings. The Morgan fingerprint density at radius 3 is 2.93 bits per heavy atom. The highest BCUT2D eigenvalue weighted by atomic mass is 19.1. The minimum atomic E-state index is -0.808. The van der Waals surface area contributed by atoms with Crippen LogP contribution in [0.25, 0.3) is 0 Å². The summed E-state index contributed by atoms with van der Waals surface area (Å²) in [7, 11) is 0. The summed E-state index contributed by atoms with van der Waals surface area (Å²) in [4.78, 5) is 10.9. The molecule has 0 spiro atoms. The Labute approximate surface area is 81.4 Å². The molecule has 1 rings (SSSR count). The summed E-state index contributed by atoms with van der Waals surface area (Å²) in [5.74, 6) is -0.308. The molecule has 0 bridgehead atoms. The van der Waals surface area contributed by atoms with E-state index in [2.05, 4.69) is 4.74 Å². The summed E-state index contributed by atoms with van der Waals surface area (Å²) in [5, 5.41) is 0. The van der Waals surface area contributed by atoms with Gasteiger partial charge in [0.15, 0.2) is 0 Å². The van der Waals surface area contributed by atoms with Crippen molar-refractivity contribution in [3.05, 3.63) is 30.1 Å². The molecule has 0 saturated carbocycles. The lowest BCUT2D eigenvalue weighted by Crippen LogP contribution is -2.10. The normalized spacial score (nSPS) is 9.57. The molecule has 14 heavy (non-hydrogen) atoms. The molecule has 0 aliphatic rings. The lowest BCUT2D eigenvalue weighted by molar-refractivity contribution is 0.0991. The lowest BCUT2D eigenvalue weighted by Gasteiger charge is -2.04. The Balaban J connectivity index is 2.47. The fraction of sp³-hybridized carbons (Fsp3) is 0.300. The average Bonchev–Trinajstić information content (AvgIpc) is 2.15. The van der Waals surface area contributed by atoms with Gasteiger partial charge in [-0.25, -0.2) is 9.18 Å². The van der Waals surface area contributed by atoms with Gasteiger partial charge in [0.1, 0.15) is 11.6 Å². The zero-order chi connectivity index (χ0) is 10.4. The van der Waals surface area contributed by atoms with Crippen molar-refractivity contribution in [3.63, 3.8) is 0 Å². The van der Waals surface area contributed by atoms with E-state index in [4.69, 9.17) is 4.74 Å². The van der Waals surface area contributed by atoms with Crippen LogP contribution in [0.2, 0.25) is 0 Å². The smallest absolute Gasteiger partial charge is 0.434 e. The first kappa shape index (κ1) is 10.5. The molecule has 0 saturated heterocycles. The van der Waals surface area contributed by atoms with E-state index in [-0.39, 0.29) is 5.75 Å². The lowest BCUT2D eigenvalue weighted by atomic mass is 10.3. The van der Waals surface area contributed by atoms with E-state index in [1.54, 1.807) is 0 Å². The molecule has 0 unspecified atom stereocenters. The number of ether oxygens (including phenoxy) is 2. The van der Waals surface area contributed by atoms with Gasteiger partial charge >= 0.3 is 6.16 Å². The number of hydrogen-bond donors (Lipinski definition) is 0. The van der Waals surface area contributed by atoms with Crippen LogP contribution in [0.15, 0.2) is 24.3 Å². The molecule has 0 atom stereocenters. The highest BCUT2D eigenvalue weighted by molar-refractivity contribution is 5.63. The molecule has 0 aliphatic carbocycles. The Kier molecular flexibility index (Phi) is 3.91. The number of benzene rings is 1. The molecule has 76 valence electrons. The second kappa shape index (κ2) is 5.21. The third-order valence-electron chi connectivity index (χ3n) is 1.42. The van der Waals surface area contributed by atoms with Gasteiger partial charge in [0.25, 0.3) is 0 Å². The number of halogens is 1. The van der Waals surface area contributed by atoms with Gasteiger partial charge < -0.3 is 9.47 Å². The van der Waals surface area contributed by atoms with Gasteiger partial charge in [0, 0.05) is 6.07 Å². The van der Waals surface area contributed by atoms with Gasteiger partial charge in [0.05, 0.1) is 6.61 Å². The van der Waals surface area contributed by atoms with Crippen LogP contribution in [0.4, 0.5) is 9.18 Å². The SMILES string of the molecule is CCCOC(=O)Oc1cccc(F)c1. The molecule has 0 aliphatic heterocycles.